The first-order chi connectivity index (χ1) is 6.24. The Hall–Kier alpha value is -1.55. The summed E-state index contributed by atoms with van der Waals surface area (Å²) in [6.07, 6.45) is -0.770. The highest BCUT2D eigenvalue weighted by Crippen LogP contribution is 2.09. The third-order valence-corrected chi connectivity index (χ3v) is 1.46. The van der Waals surface area contributed by atoms with E-state index in [-0.39, 0.29) is 6.54 Å². The highest BCUT2D eigenvalue weighted by atomic mass is 16.6. The molecule has 0 radical (unpaired) electrons. The van der Waals surface area contributed by atoms with Crippen LogP contribution in [0, 0.1) is 0 Å². The number of hydrogen-bond donors (Lipinski definition) is 1. The quantitative estimate of drug-likeness (QED) is 0.560. The molecule has 0 saturated carbocycles. The maximum Gasteiger partial charge on any atom is 0.439 e. The molecule has 0 saturated heterocycles. The van der Waals surface area contributed by atoms with Gasteiger partial charge in [0.25, 0.3) is 0 Å². The lowest BCUT2D eigenvalue weighted by Crippen LogP contribution is -2.29. The summed E-state index contributed by atoms with van der Waals surface area (Å²) in [5.74, 6) is 0.417. The molecule has 1 N–H and O–H groups in total. The molecule has 0 aliphatic heterocycles. The van der Waals surface area contributed by atoms with Gasteiger partial charge in [-0.2, -0.15) is 5.06 Å². The first-order valence-corrected chi connectivity index (χ1v) is 3.97. The molecule has 0 aliphatic rings. The molecule has 4 heteroatoms. The molecule has 0 unspecified atom stereocenters. The van der Waals surface area contributed by atoms with E-state index in [2.05, 4.69) is 0 Å². The molecule has 1 aromatic rings. The maximum absolute atomic E-state index is 11.0. The Kier molecular flexibility index (Phi) is 3.28. The van der Waals surface area contributed by atoms with Crippen molar-refractivity contribution in [1.29, 1.82) is 0 Å². The molecule has 0 bridgehead atoms. The van der Waals surface area contributed by atoms with Gasteiger partial charge in [0.1, 0.15) is 5.75 Å². The largest absolute Gasteiger partial charge is 0.439 e. The van der Waals surface area contributed by atoms with E-state index >= 15 is 0 Å². The van der Waals surface area contributed by atoms with Crippen molar-refractivity contribution in [2.24, 2.45) is 0 Å². The summed E-state index contributed by atoms with van der Waals surface area (Å²) in [7, 11) is 0. The van der Waals surface area contributed by atoms with Gasteiger partial charge in [-0.15, -0.1) is 0 Å². The number of benzene rings is 1. The number of rotatable bonds is 2. The van der Waals surface area contributed by atoms with E-state index in [9.17, 15) is 4.79 Å². The Balaban J connectivity index is 2.55. The first kappa shape index (κ1) is 9.54. The van der Waals surface area contributed by atoms with Gasteiger partial charge in [0, 0.05) is 6.54 Å². The van der Waals surface area contributed by atoms with Crippen LogP contribution in [0.15, 0.2) is 30.3 Å². The normalized spacial score (nSPS) is 9.38. The van der Waals surface area contributed by atoms with Crippen molar-refractivity contribution in [2.75, 3.05) is 6.54 Å². The van der Waals surface area contributed by atoms with E-state index < -0.39 is 6.09 Å². The van der Waals surface area contributed by atoms with Crippen molar-refractivity contribution in [3.05, 3.63) is 30.3 Å². The predicted molar refractivity (Wildman–Crippen MR) is 46.6 cm³/mol. The Morgan fingerprint density at radius 1 is 1.46 bits per heavy atom. The van der Waals surface area contributed by atoms with Gasteiger partial charge in [0.2, 0.25) is 0 Å². The van der Waals surface area contributed by atoms with Gasteiger partial charge in [0.05, 0.1) is 0 Å². The Morgan fingerprint density at radius 3 is 2.62 bits per heavy atom. The zero-order chi connectivity index (χ0) is 9.68. The summed E-state index contributed by atoms with van der Waals surface area (Å²) in [4.78, 5) is 11.0. The number of nitrogens with zero attached hydrogens (tertiary/aromatic N) is 1. The van der Waals surface area contributed by atoms with Crippen LogP contribution in [0.2, 0.25) is 0 Å². The lowest BCUT2D eigenvalue weighted by atomic mass is 10.3. The number of hydrogen-bond acceptors (Lipinski definition) is 3. The average Bonchev–Trinajstić information content (AvgIpc) is 2.18. The maximum atomic E-state index is 11.0. The fraction of sp³-hybridized carbons (Fsp3) is 0.222. The molecule has 4 nitrogen and oxygen atoms in total. The number of carbonyl (C=O) groups excluding carboxylic acids is 1. The lowest BCUT2D eigenvalue weighted by Gasteiger charge is -2.11. The molecule has 1 rings (SSSR count). The SMILES string of the molecule is CCN(O)C(=O)Oc1ccccc1. The second-order valence-electron chi connectivity index (χ2n) is 2.40. The third-order valence-electron chi connectivity index (χ3n) is 1.46. The van der Waals surface area contributed by atoms with Crippen LogP contribution in [0.25, 0.3) is 0 Å². The van der Waals surface area contributed by atoms with Crippen LogP contribution in [0.5, 0.6) is 5.75 Å². The highest BCUT2D eigenvalue weighted by Gasteiger charge is 2.09. The molecular weight excluding hydrogens is 170 g/mol. The molecule has 0 aliphatic carbocycles. The second kappa shape index (κ2) is 4.47. The van der Waals surface area contributed by atoms with Crippen LogP contribution in [-0.4, -0.2) is 22.9 Å². The number of carbonyl (C=O) groups is 1. The zero-order valence-corrected chi connectivity index (χ0v) is 7.30. The number of amides is 1. The van der Waals surface area contributed by atoms with Gasteiger partial charge in [-0.3, -0.25) is 5.21 Å². The predicted octanol–water partition coefficient (Wildman–Crippen LogP) is 1.90. The van der Waals surface area contributed by atoms with E-state index in [1.165, 1.54) is 0 Å². The topological polar surface area (TPSA) is 49.8 Å². The van der Waals surface area contributed by atoms with Crippen LogP contribution < -0.4 is 4.74 Å². The summed E-state index contributed by atoms with van der Waals surface area (Å²) in [5.41, 5.74) is 0. The molecule has 70 valence electrons. The van der Waals surface area contributed by atoms with Crippen LogP contribution in [0.4, 0.5) is 4.79 Å². The molecule has 0 aromatic heterocycles. The van der Waals surface area contributed by atoms with Gasteiger partial charge in [0.15, 0.2) is 0 Å². The fourth-order valence-corrected chi connectivity index (χ4v) is 0.771. The average molecular weight is 181 g/mol. The summed E-state index contributed by atoms with van der Waals surface area (Å²) >= 11 is 0. The highest BCUT2D eigenvalue weighted by molar-refractivity contribution is 5.69. The summed E-state index contributed by atoms with van der Waals surface area (Å²) in [5, 5.41) is 9.45. The summed E-state index contributed by atoms with van der Waals surface area (Å²) < 4.78 is 4.80. The molecule has 0 spiro atoms. The van der Waals surface area contributed by atoms with Crippen LogP contribution >= 0.6 is 0 Å². The Labute approximate surface area is 76.3 Å². The number of para-hydroxylation sites is 1. The summed E-state index contributed by atoms with van der Waals surface area (Å²) in [6, 6.07) is 8.59. The van der Waals surface area contributed by atoms with Crippen LogP contribution in [0.1, 0.15) is 6.92 Å². The number of hydroxylamine groups is 2. The standard InChI is InChI=1S/C9H11NO3/c1-2-10(12)9(11)13-8-6-4-3-5-7-8/h3-7,12H,2H2,1H3. The second-order valence-corrected chi connectivity index (χ2v) is 2.40. The Morgan fingerprint density at radius 2 is 2.08 bits per heavy atom. The van der Waals surface area contributed by atoms with Gasteiger partial charge in [-0.25, -0.2) is 4.79 Å². The minimum Gasteiger partial charge on any atom is -0.409 e. The monoisotopic (exact) mass is 181 g/mol. The van der Waals surface area contributed by atoms with Crippen molar-refractivity contribution in [2.45, 2.75) is 6.92 Å². The molecule has 1 amide bonds. The molecule has 1 aromatic carbocycles. The van der Waals surface area contributed by atoms with Gasteiger partial charge >= 0.3 is 6.09 Å². The van der Waals surface area contributed by atoms with Crippen molar-refractivity contribution in [3.63, 3.8) is 0 Å². The minimum absolute atomic E-state index is 0.200. The molecule has 13 heavy (non-hydrogen) atoms. The molecule has 0 heterocycles. The number of ether oxygens (including phenoxy) is 1. The third kappa shape index (κ3) is 2.76. The first-order valence-electron chi connectivity index (χ1n) is 3.97. The zero-order valence-electron chi connectivity index (χ0n) is 7.30. The molecule has 0 fully saturated rings. The van der Waals surface area contributed by atoms with Gasteiger partial charge in [-0.05, 0) is 19.1 Å². The van der Waals surface area contributed by atoms with Crippen molar-refractivity contribution in [1.82, 2.24) is 5.06 Å². The van der Waals surface area contributed by atoms with Crippen LogP contribution in [-0.2, 0) is 0 Å². The van der Waals surface area contributed by atoms with E-state index in [0.29, 0.717) is 10.8 Å². The smallest absolute Gasteiger partial charge is 0.409 e. The minimum atomic E-state index is -0.770. The lowest BCUT2D eigenvalue weighted by molar-refractivity contribution is -0.0559. The summed E-state index contributed by atoms with van der Waals surface area (Å²) in [6.45, 7) is 1.85. The van der Waals surface area contributed by atoms with E-state index in [4.69, 9.17) is 9.94 Å². The fourth-order valence-electron chi connectivity index (χ4n) is 0.771. The van der Waals surface area contributed by atoms with Crippen molar-refractivity contribution < 1.29 is 14.7 Å². The van der Waals surface area contributed by atoms with E-state index in [1.807, 2.05) is 6.07 Å². The van der Waals surface area contributed by atoms with Crippen molar-refractivity contribution in [3.8, 4) is 5.75 Å². The van der Waals surface area contributed by atoms with E-state index in [0.717, 1.165) is 0 Å². The molecule has 0 atom stereocenters. The van der Waals surface area contributed by atoms with Gasteiger partial charge in [-0.1, -0.05) is 18.2 Å². The van der Waals surface area contributed by atoms with Crippen LogP contribution in [0.3, 0.4) is 0 Å². The Bertz CT molecular complexity index is 273. The van der Waals surface area contributed by atoms with E-state index in [1.54, 1.807) is 31.2 Å². The van der Waals surface area contributed by atoms with Crippen molar-refractivity contribution >= 4 is 6.09 Å². The molecular formula is C9H11NO3. The van der Waals surface area contributed by atoms with Gasteiger partial charge < -0.3 is 4.74 Å².